The van der Waals surface area contributed by atoms with Crippen LogP contribution in [0.5, 0.6) is 0 Å². The molecular formula is C6H16I2. The Morgan fingerprint density at radius 2 is 0.875 bits per heavy atom. The van der Waals surface area contributed by atoms with Gasteiger partial charge in [-0.2, -0.15) is 0 Å². The standard InChI is InChI=1S/C5H12.CH4.I2/c1-5(2,3)4;;1-2/h1-4H3;1H4;. The summed E-state index contributed by atoms with van der Waals surface area (Å²) in [6.45, 7) is 8.75. The average Bonchev–Trinajstić information content (AvgIpc) is 1.36. The van der Waals surface area contributed by atoms with E-state index in [1.54, 1.807) is 0 Å². The molecule has 0 aromatic carbocycles. The van der Waals surface area contributed by atoms with Gasteiger partial charge in [-0.05, 0) is 5.41 Å². The second-order valence-electron chi connectivity index (χ2n) is 3.00. The van der Waals surface area contributed by atoms with Crippen LogP contribution in [-0.4, -0.2) is 0 Å². The van der Waals surface area contributed by atoms with Crippen molar-refractivity contribution in [2.24, 2.45) is 5.41 Å². The fourth-order valence-electron chi connectivity index (χ4n) is 0. The van der Waals surface area contributed by atoms with E-state index in [0.717, 1.165) is 0 Å². The number of hydrogen-bond acceptors (Lipinski definition) is 0. The molecule has 0 N–H and O–H groups in total. The normalized spacial score (nSPS) is 8.25. The molecule has 0 radical (unpaired) electrons. The summed E-state index contributed by atoms with van der Waals surface area (Å²) in [5, 5.41) is 0. The van der Waals surface area contributed by atoms with E-state index in [1.807, 2.05) is 0 Å². The SMILES string of the molecule is C.CC(C)(C)C.II. The van der Waals surface area contributed by atoms with E-state index in [9.17, 15) is 0 Å². The Bertz CT molecular complexity index is 22.0. The van der Waals surface area contributed by atoms with Crippen molar-refractivity contribution >= 4 is 37.2 Å². The second kappa shape index (κ2) is 8.46. The molecule has 0 spiro atoms. The van der Waals surface area contributed by atoms with Gasteiger partial charge in [0, 0.05) is 37.2 Å². The van der Waals surface area contributed by atoms with E-state index >= 15 is 0 Å². The van der Waals surface area contributed by atoms with E-state index in [2.05, 4.69) is 64.9 Å². The van der Waals surface area contributed by atoms with Crippen molar-refractivity contribution in [3.8, 4) is 0 Å². The first-order chi connectivity index (χ1) is 3.00. The van der Waals surface area contributed by atoms with Crippen molar-refractivity contribution in [1.82, 2.24) is 0 Å². The molecule has 0 aliphatic rings. The molecule has 0 aliphatic heterocycles. The number of rotatable bonds is 0. The molecule has 2 heteroatoms. The lowest BCUT2D eigenvalue weighted by Crippen LogP contribution is -1.93. The van der Waals surface area contributed by atoms with Crippen molar-refractivity contribution in [2.45, 2.75) is 35.1 Å². The molecule has 0 saturated carbocycles. The number of hydrogen-bond donors (Lipinski definition) is 0. The highest BCUT2D eigenvalue weighted by Gasteiger charge is 1.95. The van der Waals surface area contributed by atoms with Crippen LogP contribution < -0.4 is 0 Å². The molecule has 0 aromatic rings. The van der Waals surface area contributed by atoms with Crippen LogP contribution >= 0.6 is 37.2 Å². The smallest absolute Gasteiger partial charge is 0 e. The highest BCUT2D eigenvalue weighted by atomic mass is 128. The molecule has 0 fully saturated rings. The summed E-state index contributed by atoms with van der Waals surface area (Å²) in [6, 6.07) is 0. The van der Waals surface area contributed by atoms with E-state index in [4.69, 9.17) is 0 Å². The Morgan fingerprint density at radius 1 is 0.875 bits per heavy atom. The molecule has 54 valence electrons. The Hall–Kier alpha value is 1.46. The lowest BCUT2D eigenvalue weighted by Gasteiger charge is -2.05. The van der Waals surface area contributed by atoms with E-state index in [0.29, 0.717) is 5.41 Å². The van der Waals surface area contributed by atoms with Crippen LogP contribution in [0.25, 0.3) is 0 Å². The first-order valence-corrected chi connectivity index (χ1v) is 8.43. The fourth-order valence-corrected chi connectivity index (χ4v) is 0. The Balaban J connectivity index is -0.0000000750. The van der Waals surface area contributed by atoms with Gasteiger partial charge in [0.15, 0.2) is 0 Å². The molecule has 0 aromatic heterocycles. The Labute approximate surface area is 77.1 Å². The van der Waals surface area contributed by atoms with Crippen LogP contribution in [-0.2, 0) is 0 Å². The zero-order chi connectivity index (χ0) is 6.50. The topological polar surface area (TPSA) is 0 Å². The first kappa shape index (κ1) is 16.2. The summed E-state index contributed by atoms with van der Waals surface area (Å²) in [7, 11) is 0. The Kier molecular flexibility index (Phi) is 17.2. The van der Waals surface area contributed by atoms with E-state index in [1.165, 1.54) is 0 Å². The predicted molar refractivity (Wildman–Crippen MR) is 59.9 cm³/mol. The van der Waals surface area contributed by atoms with E-state index < -0.39 is 0 Å². The fraction of sp³-hybridized carbons (Fsp3) is 1.00. The highest BCUT2D eigenvalue weighted by molar-refractivity contribution is 15.0. The maximum Gasteiger partial charge on any atom is 0 e. The molecule has 0 atom stereocenters. The summed E-state index contributed by atoms with van der Waals surface area (Å²) in [6.07, 6.45) is 0. The van der Waals surface area contributed by atoms with Gasteiger partial charge in [-0.25, -0.2) is 0 Å². The molecule has 8 heavy (non-hydrogen) atoms. The zero-order valence-corrected chi connectivity index (χ0v) is 9.57. The number of halogens is 2. The van der Waals surface area contributed by atoms with Gasteiger partial charge in [-0.1, -0.05) is 35.1 Å². The van der Waals surface area contributed by atoms with Gasteiger partial charge in [-0.3, -0.25) is 0 Å². The predicted octanol–water partition coefficient (Wildman–Crippen LogP) is 4.46. The quantitative estimate of drug-likeness (QED) is 0.571. The van der Waals surface area contributed by atoms with Gasteiger partial charge >= 0.3 is 0 Å². The highest BCUT2D eigenvalue weighted by Crippen LogP contribution is 2.07. The van der Waals surface area contributed by atoms with Crippen LogP contribution in [0.15, 0.2) is 0 Å². The summed E-state index contributed by atoms with van der Waals surface area (Å²) >= 11 is 4.24. The molecule has 0 rings (SSSR count). The van der Waals surface area contributed by atoms with Gasteiger partial charge in [-0.15, -0.1) is 0 Å². The van der Waals surface area contributed by atoms with E-state index in [-0.39, 0.29) is 7.43 Å². The van der Waals surface area contributed by atoms with Gasteiger partial charge in [0.2, 0.25) is 0 Å². The second-order valence-corrected chi connectivity index (χ2v) is 3.00. The van der Waals surface area contributed by atoms with Gasteiger partial charge in [0.05, 0.1) is 0 Å². The minimum Gasteiger partial charge on any atom is -0.0776 e. The third-order valence-corrected chi connectivity index (χ3v) is 0. The molecule has 0 unspecified atom stereocenters. The summed E-state index contributed by atoms with van der Waals surface area (Å²) in [5.74, 6) is 0. The van der Waals surface area contributed by atoms with Crippen LogP contribution in [0, 0.1) is 5.41 Å². The van der Waals surface area contributed by atoms with Crippen molar-refractivity contribution in [3.63, 3.8) is 0 Å². The lowest BCUT2D eigenvalue weighted by atomic mass is 10.0. The van der Waals surface area contributed by atoms with Crippen molar-refractivity contribution in [2.75, 3.05) is 0 Å². The largest absolute Gasteiger partial charge is 0.0776 e. The molecule has 0 amide bonds. The van der Waals surface area contributed by atoms with Crippen molar-refractivity contribution in [3.05, 3.63) is 0 Å². The molecule has 0 bridgehead atoms. The first-order valence-electron chi connectivity index (χ1n) is 2.14. The van der Waals surface area contributed by atoms with Crippen LogP contribution in [0.1, 0.15) is 35.1 Å². The maximum atomic E-state index is 2.19. The van der Waals surface area contributed by atoms with Crippen LogP contribution in [0.3, 0.4) is 0 Å². The van der Waals surface area contributed by atoms with Crippen molar-refractivity contribution in [1.29, 1.82) is 0 Å². The third kappa shape index (κ3) is 146. The molecule has 0 nitrogen and oxygen atoms in total. The van der Waals surface area contributed by atoms with Gasteiger partial charge in [0.1, 0.15) is 0 Å². The maximum absolute atomic E-state index is 2.19. The zero-order valence-electron chi connectivity index (χ0n) is 5.26. The average molecular weight is 342 g/mol. The molecule has 0 heterocycles. The monoisotopic (exact) mass is 342 g/mol. The van der Waals surface area contributed by atoms with Gasteiger partial charge < -0.3 is 0 Å². The minimum absolute atomic E-state index is 0. The minimum atomic E-state index is 0. The lowest BCUT2D eigenvalue weighted by molar-refractivity contribution is 0.469. The van der Waals surface area contributed by atoms with Crippen LogP contribution in [0.2, 0.25) is 0 Å². The molecular weight excluding hydrogens is 326 g/mol. The molecule has 0 aliphatic carbocycles. The Morgan fingerprint density at radius 3 is 0.875 bits per heavy atom. The van der Waals surface area contributed by atoms with Crippen molar-refractivity contribution < 1.29 is 0 Å². The third-order valence-electron chi connectivity index (χ3n) is 0. The summed E-state index contributed by atoms with van der Waals surface area (Å²) in [5.41, 5.74) is 0.500. The molecule has 0 saturated heterocycles. The summed E-state index contributed by atoms with van der Waals surface area (Å²) in [4.78, 5) is 0. The summed E-state index contributed by atoms with van der Waals surface area (Å²) < 4.78 is 0. The van der Waals surface area contributed by atoms with Crippen LogP contribution in [0.4, 0.5) is 0 Å². The van der Waals surface area contributed by atoms with Gasteiger partial charge in [0.25, 0.3) is 0 Å².